The van der Waals surface area contributed by atoms with Gasteiger partial charge in [0.15, 0.2) is 0 Å². The predicted octanol–water partition coefficient (Wildman–Crippen LogP) is 3.52. The number of hydrogen-bond acceptors (Lipinski definition) is 3. The minimum absolute atomic E-state index is 0.161. The van der Waals surface area contributed by atoms with Crippen LogP contribution in [-0.2, 0) is 6.42 Å². The molecule has 0 fully saturated rings. The lowest BCUT2D eigenvalue weighted by molar-refractivity contribution is 0.0848. The number of hydrogen-bond donors (Lipinski definition) is 2. The number of benzene rings is 2. The van der Waals surface area contributed by atoms with Crippen LogP contribution in [0.3, 0.4) is 0 Å². The summed E-state index contributed by atoms with van der Waals surface area (Å²) in [7, 11) is 0. The molecule has 21 heavy (non-hydrogen) atoms. The fraction of sp³-hybridized carbons (Fsp3) is 0.250. The lowest BCUT2D eigenvalue weighted by atomic mass is 10.0. The number of aliphatic hydroxyl groups is 1. The Kier molecular flexibility index (Phi) is 6.23. The van der Waals surface area contributed by atoms with Crippen molar-refractivity contribution in [2.75, 3.05) is 6.61 Å². The smallest absolute Gasteiger partial charge is 0.133 e. The van der Waals surface area contributed by atoms with E-state index in [0.29, 0.717) is 12.2 Å². The van der Waals surface area contributed by atoms with Gasteiger partial charge in [-0.1, -0.05) is 46.3 Å². The van der Waals surface area contributed by atoms with Crippen molar-refractivity contribution in [3.05, 3.63) is 63.0 Å². The van der Waals surface area contributed by atoms with E-state index in [-0.39, 0.29) is 12.6 Å². The van der Waals surface area contributed by atoms with Gasteiger partial charge in [-0.05, 0) is 46.1 Å². The first-order chi connectivity index (χ1) is 10.1. The Morgan fingerprint density at radius 3 is 2.48 bits per heavy atom. The van der Waals surface area contributed by atoms with E-state index in [0.717, 1.165) is 14.5 Å². The molecule has 5 heteroatoms. The second-order valence-corrected chi connectivity index (χ2v) is 6.58. The van der Waals surface area contributed by atoms with Crippen LogP contribution in [0.15, 0.2) is 57.5 Å². The normalized spacial score (nSPS) is 13.7. The zero-order valence-corrected chi connectivity index (χ0v) is 14.5. The molecule has 0 bridgehead atoms. The molecular weight excluding hydrogens is 398 g/mol. The molecule has 0 aromatic heterocycles. The zero-order valence-electron chi connectivity index (χ0n) is 11.4. The fourth-order valence-corrected chi connectivity index (χ4v) is 3.07. The van der Waals surface area contributed by atoms with Gasteiger partial charge in [0.1, 0.15) is 18.5 Å². The summed E-state index contributed by atoms with van der Waals surface area (Å²) >= 11 is 6.80. The molecule has 0 radical (unpaired) electrons. The molecule has 0 amide bonds. The minimum atomic E-state index is -0.722. The lowest BCUT2D eigenvalue weighted by Gasteiger charge is -2.19. The van der Waals surface area contributed by atoms with Crippen molar-refractivity contribution >= 4 is 31.9 Å². The van der Waals surface area contributed by atoms with Crippen molar-refractivity contribution in [3.8, 4) is 5.75 Å². The summed E-state index contributed by atoms with van der Waals surface area (Å²) in [5, 5.41) is 10.1. The highest BCUT2D eigenvalue weighted by Crippen LogP contribution is 2.28. The van der Waals surface area contributed by atoms with Crippen molar-refractivity contribution in [2.45, 2.75) is 18.6 Å². The average Bonchev–Trinajstić information content (AvgIpc) is 2.47. The molecule has 2 rings (SSSR count). The molecule has 3 nitrogen and oxygen atoms in total. The number of ether oxygens (including phenoxy) is 1. The Hall–Kier alpha value is -0.880. The predicted molar refractivity (Wildman–Crippen MR) is 91.5 cm³/mol. The van der Waals surface area contributed by atoms with Crippen molar-refractivity contribution in [2.24, 2.45) is 5.73 Å². The lowest BCUT2D eigenvalue weighted by Crippen LogP contribution is -2.40. The molecule has 112 valence electrons. The molecule has 0 saturated carbocycles. The summed E-state index contributed by atoms with van der Waals surface area (Å²) in [6.45, 7) is 0.161. The molecule has 0 aliphatic carbocycles. The van der Waals surface area contributed by atoms with Crippen LogP contribution in [0.2, 0.25) is 0 Å². The summed E-state index contributed by atoms with van der Waals surface area (Å²) in [5.41, 5.74) is 7.13. The Bertz CT molecular complexity index is 578. The summed E-state index contributed by atoms with van der Waals surface area (Å²) in [4.78, 5) is 0. The van der Waals surface area contributed by atoms with Gasteiger partial charge in [0.05, 0.1) is 4.47 Å². The molecule has 0 aliphatic heterocycles. The van der Waals surface area contributed by atoms with E-state index < -0.39 is 6.10 Å². The van der Waals surface area contributed by atoms with Gasteiger partial charge in [0, 0.05) is 10.5 Å². The monoisotopic (exact) mass is 413 g/mol. The highest BCUT2D eigenvalue weighted by atomic mass is 79.9. The van der Waals surface area contributed by atoms with Gasteiger partial charge in [-0.2, -0.15) is 0 Å². The third-order valence-corrected chi connectivity index (χ3v) is 4.22. The SMILES string of the molecule is NC(Cc1ccccc1)C(O)COc1ccc(Br)cc1Br. The van der Waals surface area contributed by atoms with Crippen LogP contribution >= 0.6 is 31.9 Å². The van der Waals surface area contributed by atoms with E-state index in [1.54, 1.807) is 0 Å². The maximum Gasteiger partial charge on any atom is 0.133 e. The maximum absolute atomic E-state index is 10.1. The Balaban J connectivity index is 1.87. The van der Waals surface area contributed by atoms with E-state index in [2.05, 4.69) is 31.9 Å². The number of halogens is 2. The summed E-state index contributed by atoms with van der Waals surface area (Å²) < 4.78 is 7.41. The summed E-state index contributed by atoms with van der Waals surface area (Å²) in [6.07, 6.45) is -0.104. The highest BCUT2D eigenvalue weighted by Gasteiger charge is 2.16. The first kappa shape index (κ1) is 16.5. The number of rotatable bonds is 6. The topological polar surface area (TPSA) is 55.5 Å². The van der Waals surface area contributed by atoms with E-state index in [4.69, 9.17) is 10.5 Å². The molecule has 2 aromatic carbocycles. The van der Waals surface area contributed by atoms with E-state index in [1.807, 2.05) is 48.5 Å². The largest absolute Gasteiger partial charge is 0.490 e. The van der Waals surface area contributed by atoms with Gasteiger partial charge in [0.25, 0.3) is 0 Å². The van der Waals surface area contributed by atoms with Crippen molar-refractivity contribution in [3.63, 3.8) is 0 Å². The molecule has 2 atom stereocenters. The standard InChI is InChI=1S/C16H17Br2NO2/c17-12-6-7-16(13(18)9-12)21-10-15(20)14(19)8-11-4-2-1-3-5-11/h1-7,9,14-15,20H,8,10,19H2. The quantitative estimate of drug-likeness (QED) is 0.760. The second kappa shape index (κ2) is 7.94. The molecule has 0 spiro atoms. The van der Waals surface area contributed by atoms with Gasteiger partial charge >= 0.3 is 0 Å². The van der Waals surface area contributed by atoms with Crippen LogP contribution in [0.1, 0.15) is 5.56 Å². The third kappa shape index (κ3) is 5.11. The minimum Gasteiger partial charge on any atom is -0.490 e. The first-order valence-corrected chi connectivity index (χ1v) is 8.20. The van der Waals surface area contributed by atoms with Crippen LogP contribution in [0.4, 0.5) is 0 Å². The summed E-state index contributed by atoms with van der Waals surface area (Å²) in [5.74, 6) is 0.684. The van der Waals surface area contributed by atoms with Crippen molar-refractivity contribution in [1.29, 1.82) is 0 Å². The summed E-state index contributed by atoms with van der Waals surface area (Å²) in [6, 6.07) is 15.1. The molecule has 2 aromatic rings. The molecular formula is C16H17Br2NO2. The van der Waals surface area contributed by atoms with E-state index >= 15 is 0 Å². The van der Waals surface area contributed by atoms with Gasteiger partial charge in [-0.3, -0.25) is 0 Å². The Labute approximate surface area is 141 Å². The van der Waals surface area contributed by atoms with Crippen LogP contribution in [0.5, 0.6) is 5.75 Å². The molecule has 0 saturated heterocycles. The van der Waals surface area contributed by atoms with E-state index in [9.17, 15) is 5.11 Å². The molecule has 0 aliphatic rings. The maximum atomic E-state index is 10.1. The molecule has 2 unspecified atom stereocenters. The van der Waals surface area contributed by atoms with Crippen molar-refractivity contribution < 1.29 is 9.84 Å². The van der Waals surface area contributed by atoms with E-state index in [1.165, 1.54) is 0 Å². The van der Waals surface area contributed by atoms with Crippen molar-refractivity contribution in [1.82, 2.24) is 0 Å². The van der Waals surface area contributed by atoms with Gasteiger partial charge in [-0.25, -0.2) is 0 Å². The molecule has 0 heterocycles. The third-order valence-electron chi connectivity index (χ3n) is 3.11. The fourth-order valence-electron chi connectivity index (χ4n) is 1.91. The Morgan fingerprint density at radius 1 is 1.10 bits per heavy atom. The van der Waals surface area contributed by atoms with Crippen LogP contribution in [0.25, 0.3) is 0 Å². The Morgan fingerprint density at radius 2 is 1.81 bits per heavy atom. The number of aliphatic hydroxyl groups excluding tert-OH is 1. The second-order valence-electron chi connectivity index (χ2n) is 4.81. The average molecular weight is 415 g/mol. The first-order valence-electron chi connectivity index (χ1n) is 6.61. The van der Waals surface area contributed by atoms with Gasteiger partial charge < -0.3 is 15.6 Å². The van der Waals surface area contributed by atoms with Gasteiger partial charge in [0.2, 0.25) is 0 Å². The highest BCUT2D eigenvalue weighted by molar-refractivity contribution is 9.11. The number of nitrogens with two attached hydrogens (primary N) is 1. The van der Waals surface area contributed by atoms with Crippen LogP contribution in [-0.4, -0.2) is 23.9 Å². The molecule has 3 N–H and O–H groups in total. The zero-order chi connectivity index (χ0) is 15.2. The van der Waals surface area contributed by atoms with Crippen LogP contribution < -0.4 is 10.5 Å². The van der Waals surface area contributed by atoms with Gasteiger partial charge in [-0.15, -0.1) is 0 Å². The van der Waals surface area contributed by atoms with Crippen LogP contribution in [0, 0.1) is 0 Å².